The average Bonchev–Trinajstić information content (AvgIpc) is 3.39. The first kappa shape index (κ1) is 23.5. The Labute approximate surface area is 203 Å². The third kappa shape index (κ3) is 4.42. The van der Waals surface area contributed by atoms with Gasteiger partial charge in [-0.25, -0.2) is 4.98 Å². The third-order valence-electron chi connectivity index (χ3n) is 7.76. The zero-order valence-electron chi connectivity index (χ0n) is 20.1. The monoisotopic (exact) mass is 481 g/mol. The lowest BCUT2D eigenvalue weighted by Gasteiger charge is -2.32. The summed E-state index contributed by atoms with van der Waals surface area (Å²) in [6.07, 6.45) is 8.03. The van der Waals surface area contributed by atoms with Crippen LogP contribution in [0.5, 0.6) is 0 Å². The molecule has 2 aromatic rings. The highest BCUT2D eigenvalue weighted by molar-refractivity contribution is 6.07. The first-order valence-electron chi connectivity index (χ1n) is 12.3. The number of hydrogen-bond donors (Lipinski definition) is 3. The topological polar surface area (TPSA) is 135 Å². The van der Waals surface area contributed by atoms with Crippen molar-refractivity contribution in [2.45, 2.75) is 63.8 Å². The van der Waals surface area contributed by atoms with Gasteiger partial charge in [0.1, 0.15) is 11.9 Å². The molecule has 4 heterocycles. The summed E-state index contributed by atoms with van der Waals surface area (Å²) < 4.78 is 10.5. The van der Waals surface area contributed by atoms with Gasteiger partial charge in [-0.05, 0) is 44.4 Å². The van der Waals surface area contributed by atoms with Crippen molar-refractivity contribution in [2.24, 2.45) is 11.8 Å². The molecule has 5 rings (SSSR count). The number of nitrogens with one attached hydrogen (secondary N) is 3. The van der Waals surface area contributed by atoms with Crippen LogP contribution in [0, 0.1) is 18.8 Å². The van der Waals surface area contributed by atoms with E-state index in [4.69, 9.17) is 9.26 Å². The second-order valence-corrected chi connectivity index (χ2v) is 10.1. The predicted molar refractivity (Wildman–Crippen MR) is 127 cm³/mol. The van der Waals surface area contributed by atoms with E-state index in [1.165, 1.54) is 6.20 Å². The quantitative estimate of drug-likeness (QED) is 0.597. The summed E-state index contributed by atoms with van der Waals surface area (Å²) >= 11 is 0. The van der Waals surface area contributed by atoms with Crippen molar-refractivity contribution in [1.29, 1.82) is 0 Å². The van der Waals surface area contributed by atoms with Crippen LogP contribution in [0.15, 0.2) is 23.0 Å². The number of anilines is 2. The molecule has 2 aromatic heterocycles. The smallest absolute Gasteiger partial charge is 0.290 e. The molecular formula is C25H31N5O5. The van der Waals surface area contributed by atoms with Crippen molar-refractivity contribution in [1.82, 2.24) is 15.5 Å². The number of carbonyl (C=O) groups is 3. The lowest BCUT2D eigenvalue weighted by Crippen LogP contribution is -2.49. The molecule has 0 radical (unpaired) electrons. The summed E-state index contributed by atoms with van der Waals surface area (Å²) in [6.45, 7) is 4.99. The van der Waals surface area contributed by atoms with E-state index in [-0.39, 0.29) is 23.5 Å². The van der Waals surface area contributed by atoms with E-state index < -0.39 is 17.4 Å². The largest absolute Gasteiger partial charge is 0.381 e. The lowest BCUT2D eigenvalue weighted by molar-refractivity contribution is -0.124. The number of pyridine rings is 1. The van der Waals surface area contributed by atoms with Crippen LogP contribution in [0.3, 0.4) is 0 Å². The summed E-state index contributed by atoms with van der Waals surface area (Å²) in [5, 5.41) is 12.4. The zero-order valence-corrected chi connectivity index (χ0v) is 20.1. The standard InChI is InChI=1S/C25H31N5O5/c1-14-3-5-16(6-4-14)20(30-23(32)21-15(2)12-27-35-21)22(31)29-19-11-18-17(13-26-19)25(24(33)28-18)7-9-34-10-8-25/h11-14,16,20H,3-10H2,1-2H3,(H,28,33)(H,30,32)(H,26,29,31). The molecular weight excluding hydrogens is 450 g/mol. The molecule has 35 heavy (non-hydrogen) atoms. The number of aromatic nitrogens is 2. The number of nitrogens with zero attached hydrogens (tertiary/aromatic N) is 2. The molecule has 186 valence electrons. The molecule has 2 fully saturated rings. The predicted octanol–water partition coefficient (Wildman–Crippen LogP) is 2.94. The Morgan fingerprint density at radius 2 is 1.91 bits per heavy atom. The summed E-state index contributed by atoms with van der Waals surface area (Å²) in [6, 6.07) is 0.948. The molecule has 10 heteroatoms. The summed E-state index contributed by atoms with van der Waals surface area (Å²) in [7, 11) is 0. The van der Waals surface area contributed by atoms with Crippen molar-refractivity contribution in [3.8, 4) is 0 Å². The molecule has 1 unspecified atom stereocenters. The van der Waals surface area contributed by atoms with Crippen LogP contribution in [0.2, 0.25) is 0 Å². The molecule has 0 bridgehead atoms. The molecule has 0 aromatic carbocycles. The minimum absolute atomic E-state index is 0.00184. The number of aryl methyl sites for hydroxylation is 1. The number of ether oxygens (including phenoxy) is 1. The highest BCUT2D eigenvalue weighted by Crippen LogP contribution is 2.44. The van der Waals surface area contributed by atoms with Crippen LogP contribution < -0.4 is 16.0 Å². The first-order chi connectivity index (χ1) is 16.9. The van der Waals surface area contributed by atoms with E-state index in [0.29, 0.717) is 49.0 Å². The van der Waals surface area contributed by atoms with E-state index in [1.807, 2.05) is 0 Å². The molecule has 1 saturated heterocycles. The minimum atomic E-state index is -0.744. The Bertz CT molecular complexity index is 1130. The van der Waals surface area contributed by atoms with Gasteiger partial charge in [-0.2, -0.15) is 0 Å². The zero-order chi connectivity index (χ0) is 24.6. The van der Waals surface area contributed by atoms with Crippen LogP contribution in [0.1, 0.15) is 67.1 Å². The van der Waals surface area contributed by atoms with Gasteiger partial charge in [0, 0.05) is 36.6 Å². The number of amides is 3. The van der Waals surface area contributed by atoms with Gasteiger partial charge in [0.15, 0.2) is 0 Å². The normalized spacial score (nSPS) is 23.9. The summed E-state index contributed by atoms with van der Waals surface area (Å²) in [5.74, 6) is 0.177. The molecule has 10 nitrogen and oxygen atoms in total. The highest BCUT2D eigenvalue weighted by Gasteiger charge is 2.48. The van der Waals surface area contributed by atoms with Crippen molar-refractivity contribution in [3.63, 3.8) is 0 Å². The number of carbonyl (C=O) groups excluding carboxylic acids is 3. The summed E-state index contributed by atoms with van der Waals surface area (Å²) in [4.78, 5) is 43.5. The van der Waals surface area contributed by atoms with E-state index in [2.05, 4.69) is 33.0 Å². The third-order valence-corrected chi connectivity index (χ3v) is 7.76. The van der Waals surface area contributed by atoms with Gasteiger partial charge >= 0.3 is 0 Å². The molecule has 1 aliphatic carbocycles. The maximum Gasteiger partial charge on any atom is 0.290 e. The SMILES string of the molecule is Cc1cnoc1C(=O)NC(C(=O)Nc1cc2c(cn1)C1(CCOCC1)C(=O)N2)C1CCC(C)CC1. The minimum Gasteiger partial charge on any atom is -0.381 e. The van der Waals surface area contributed by atoms with Gasteiger partial charge in [-0.1, -0.05) is 24.9 Å². The van der Waals surface area contributed by atoms with Crippen molar-refractivity contribution >= 4 is 29.2 Å². The Morgan fingerprint density at radius 1 is 1.17 bits per heavy atom. The van der Waals surface area contributed by atoms with Crippen molar-refractivity contribution in [3.05, 3.63) is 35.3 Å². The van der Waals surface area contributed by atoms with Gasteiger partial charge in [0.2, 0.25) is 17.6 Å². The van der Waals surface area contributed by atoms with Gasteiger partial charge < -0.3 is 25.2 Å². The highest BCUT2D eigenvalue weighted by atomic mass is 16.5. The van der Waals surface area contributed by atoms with E-state index in [1.54, 1.807) is 19.2 Å². The first-order valence-corrected chi connectivity index (χ1v) is 12.3. The fourth-order valence-electron chi connectivity index (χ4n) is 5.53. The fraction of sp³-hybridized carbons (Fsp3) is 0.560. The van der Waals surface area contributed by atoms with Gasteiger partial charge in [0.25, 0.3) is 5.91 Å². The van der Waals surface area contributed by atoms with Gasteiger partial charge in [-0.15, -0.1) is 0 Å². The Morgan fingerprint density at radius 3 is 2.60 bits per heavy atom. The second kappa shape index (κ2) is 9.41. The second-order valence-electron chi connectivity index (χ2n) is 10.1. The molecule has 2 aliphatic heterocycles. The molecule has 1 spiro atoms. The van der Waals surface area contributed by atoms with E-state index >= 15 is 0 Å². The van der Waals surface area contributed by atoms with Crippen LogP contribution >= 0.6 is 0 Å². The maximum absolute atomic E-state index is 13.4. The van der Waals surface area contributed by atoms with Crippen molar-refractivity contribution in [2.75, 3.05) is 23.8 Å². The number of hydrogen-bond acceptors (Lipinski definition) is 7. The van der Waals surface area contributed by atoms with Crippen LogP contribution in [0.25, 0.3) is 0 Å². The Kier molecular flexibility index (Phi) is 6.31. The number of rotatable bonds is 5. The number of fused-ring (bicyclic) bond motifs is 2. The van der Waals surface area contributed by atoms with Crippen LogP contribution in [-0.4, -0.2) is 47.1 Å². The van der Waals surface area contributed by atoms with E-state index in [9.17, 15) is 14.4 Å². The molecule has 3 N–H and O–H groups in total. The lowest BCUT2D eigenvalue weighted by atomic mass is 9.76. The average molecular weight is 482 g/mol. The van der Waals surface area contributed by atoms with Gasteiger partial charge in [0.05, 0.1) is 17.3 Å². The van der Waals surface area contributed by atoms with Crippen LogP contribution in [0.4, 0.5) is 11.5 Å². The van der Waals surface area contributed by atoms with E-state index in [0.717, 1.165) is 31.2 Å². The Hall–Kier alpha value is -3.27. The Balaban J connectivity index is 1.35. The van der Waals surface area contributed by atoms with Crippen molar-refractivity contribution < 1.29 is 23.6 Å². The maximum atomic E-state index is 13.4. The molecule has 1 atom stereocenters. The molecule has 3 amide bonds. The summed E-state index contributed by atoms with van der Waals surface area (Å²) in [5.41, 5.74) is 1.49. The molecule has 1 saturated carbocycles. The van der Waals surface area contributed by atoms with Crippen LogP contribution in [-0.2, 0) is 19.7 Å². The van der Waals surface area contributed by atoms with Gasteiger partial charge in [-0.3, -0.25) is 14.4 Å². The molecule has 3 aliphatic rings. The fourth-order valence-corrected chi connectivity index (χ4v) is 5.53.